The predicted octanol–water partition coefficient (Wildman–Crippen LogP) is 3.17. The molecule has 0 N–H and O–H groups in total. The molecule has 0 aliphatic rings. The SMILES string of the molecule is C=C(F)Cc1cnc(-c2ccccc2)nc1. The molecule has 80 valence electrons. The number of aromatic nitrogens is 2. The molecule has 0 aliphatic carbocycles. The molecular formula is C13H11FN2. The van der Waals surface area contributed by atoms with E-state index in [9.17, 15) is 4.39 Å². The van der Waals surface area contributed by atoms with E-state index < -0.39 is 0 Å². The minimum absolute atomic E-state index is 0.176. The summed E-state index contributed by atoms with van der Waals surface area (Å²) in [7, 11) is 0. The number of nitrogens with zero attached hydrogens (tertiary/aromatic N) is 2. The van der Waals surface area contributed by atoms with Crippen molar-refractivity contribution in [3.05, 3.63) is 60.7 Å². The van der Waals surface area contributed by atoms with Gasteiger partial charge in [-0.05, 0) is 5.56 Å². The van der Waals surface area contributed by atoms with Crippen molar-refractivity contribution in [2.75, 3.05) is 0 Å². The molecule has 0 amide bonds. The van der Waals surface area contributed by atoms with Gasteiger partial charge in [0.1, 0.15) is 0 Å². The van der Waals surface area contributed by atoms with Crippen molar-refractivity contribution in [3.8, 4) is 11.4 Å². The first-order valence-electron chi connectivity index (χ1n) is 4.95. The lowest BCUT2D eigenvalue weighted by atomic mass is 10.2. The standard InChI is InChI=1S/C13H11FN2/c1-10(14)7-11-8-15-13(16-9-11)12-5-3-2-4-6-12/h2-6,8-9H,1,7H2. The van der Waals surface area contributed by atoms with Gasteiger partial charge in [0.05, 0.1) is 5.83 Å². The van der Waals surface area contributed by atoms with Crippen LogP contribution in [0.15, 0.2) is 55.1 Å². The lowest BCUT2D eigenvalue weighted by molar-refractivity contribution is 0.616. The number of hydrogen-bond donors (Lipinski definition) is 0. The molecule has 1 aromatic carbocycles. The second kappa shape index (κ2) is 4.66. The molecule has 0 aliphatic heterocycles. The van der Waals surface area contributed by atoms with Crippen LogP contribution in [0.2, 0.25) is 0 Å². The Bertz CT molecular complexity index is 477. The summed E-state index contributed by atoms with van der Waals surface area (Å²) in [5.74, 6) is 0.268. The van der Waals surface area contributed by atoms with Gasteiger partial charge in [0.2, 0.25) is 0 Å². The van der Waals surface area contributed by atoms with Gasteiger partial charge in [-0.25, -0.2) is 14.4 Å². The summed E-state index contributed by atoms with van der Waals surface area (Å²) < 4.78 is 12.6. The Morgan fingerprint density at radius 2 is 1.75 bits per heavy atom. The number of allylic oxidation sites excluding steroid dienone is 1. The molecule has 0 radical (unpaired) electrons. The maximum Gasteiger partial charge on any atom is 0.159 e. The molecule has 0 atom stereocenters. The fourth-order valence-electron chi connectivity index (χ4n) is 1.40. The highest BCUT2D eigenvalue weighted by atomic mass is 19.1. The number of halogens is 1. The van der Waals surface area contributed by atoms with Gasteiger partial charge in [0, 0.05) is 24.4 Å². The Hall–Kier alpha value is -2.03. The van der Waals surface area contributed by atoms with Crippen molar-refractivity contribution in [2.24, 2.45) is 0 Å². The largest absolute Gasteiger partial charge is 0.236 e. The van der Waals surface area contributed by atoms with Gasteiger partial charge in [0.15, 0.2) is 5.82 Å². The summed E-state index contributed by atoms with van der Waals surface area (Å²) in [5, 5.41) is 0. The third kappa shape index (κ3) is 2.51. The molecule has 0 saturated carbocycles. The average molecular weight is 214 g/mol. The van der Waals surface area contributed by atoms with Crippen molar-refractivity contribution < 1.29 is 4.39 Å². The van der Waals surface area contributed by atoms with Gasteiger partial charge >= 0.3 is 0 Å². The smallest absolute Gasteiger partial charge is 0.159 e. The van der Waals surface area contributed by atoms with Gasteiger partial charge in [-0.2, -0.15) is 0 Å². The molecule has 16 heavy (non-hydrogen) atoms. The van der Waals surface area contributed by atoms with Gasteiger partial charge in [-0.1, -0.05) is 36.9 Å². The molecule has 0 fully saturated rings. The summed E-state index contributed by atoms with van der Waals surface area (Å²) in [6.07, 6.45) is 3.43. The Morgan fingerprint density at radius 1 is 1.12 bits per heavy atom. The topological polar surface area (TPSA) is 25.8 Å². The Kier molecular flexibility index (Phi) is 3.05. The van der Waals surface area contributed by atoms with Crippen molar-refractivity contribution in [1.82, 2.24) is 9.97 Å². The van der Waals surface area contributed by atoms with Crippen LogP contribution in [0.5, 0.6) is 0 Å². The molecule has 2 nitrogen and oxygen atoms in total. The third-order valence-electron chi connectivity index (χ3n) is 2.13. The first-order valence-corrected chi connectivity index (χ1v) is 4.95. The first kappa shape index (κ1) is 10.5. The van der Waals surface area contributed by atoms with E-state index in [2.05, 4.69) is 16.5 Å². The number of hydrogen-bond acceptors (Lipinski definition) is 2. The predicted molar refractivity (Wildman–Crippen MR) is 61.4 cm³/mol. The normalized spacial score (nSPS) is 10.1. The molecule has 0 bridgehead atoms. The van der Waals surface area contributed by atoms with E-state index in [0.29, 0.717) is 5.82 Å². The summed E-state index contributed by atoms with van der Waals surface area (Å²) in [4.78, 5) is 8.37. The molecule has 1 heterocycles. The summed E-state index contributed by atoms with van der Waals surface area (Å²) in [5.41, 5.74) is 1.68. The maximum absolute atomic E-state index is 12.6. The second-order valence-electron chi connectivity index (χ2n) is 3.47. The minimum Gasteiger partial charge on any atom is -0.236 e. The van der Waals surface area contributed by atoms with E-state index in [1.807, 2.05) is 30.3 Å². The molecule has 3 heteroatoms. The van der Waals surface area contributed by atoms with Gasteiger partial charge < -0.3 is 0 Å². The summed E-state index contributed by atoms with van der Waals surface area (Å²) >= 11 is 0. The fraction of sp³-hybridized carbons (Fsp3) is 0.0769. The average Bonchev–Trinajstić information content (AvgIpc) is 2.30. The van der Waals surface area contributed by atoms with Crippen LogP contribution in [0, 0.1) is 0 Å². The first-order chi connectivity index (χ1) is 7.75. The van der Waals surface area contributed by atoms with E-state index in [0.717, 1.165) is 11.1 Å². The van der Waals surface area contributed by atoms with E-state index in [1.165, 1.54) is 0 Å². The fourth-order valence-corrected chi connectivity index (χ4v) is 1.40. The molecule has 0 unspecified atom stereocenters. The van der Waals surface area contributed by atoms with Crippen LogP contribution in [-0.2, 0) is 6.42 Å². The minimum atomic E-state index is -0.379. The summed E-state index contributed by atoms with van der Waals surface area (Å²) in [6.45, 7) is 3.21. The number of benzene rings is 1. The maximum atomic E-state index is 12.6. The van der Waals surface area contributed by atoms with E-state index in [1.54, 1.807) is 12.4 Å². The van der Waals surface area contributed by atoms with Crippen molar-refractivity contribution in [1.29, 1.82) is 0 Å². The lowest BCUT2D eigenvalue weighted by Crippen LogP contribution is -1.92. The van der Waals surface area contributed by atoms with E-state index in [4.69, 9.17) is 0 Å². The van der Waals surface area contributed by atoms with Gasteiger partial charge in [-0.15, -0.1) is 0 Å². The van der Waals surface area contributed by atoms with Crippen molar-refractivity contribution in [3.63, 3.8) is 0 Å². The van der Waals surface area contributed by atoms with Crippen LogP contribution >= 0.6 is 0 Å². The number of rotatable bonds is 3. The van der Waals surface area contributed by atoms with Crippen molar-refractivity contribution in [2.45, 2.75) is 6.42 Å². The third-order valence-corrected chi connectivity index (χ3v) is 2.13. The van der Waals surface area contributed by atoms with Crippen LogP contribution in [0.1, 0.15) is 5.56 Å². The Balaban J connectivity index is 2.23. The van der Waals surface area contributed by atoms with Crippen LogP contribution in [0.3, 0.4) is 0 Å². The van der Waals surface area contributed by atoms with E-state index in [-0.39, 0.29) is 12.2 Å². The molecule has 2 aromatic rings. The monoisotopic (exact) mass is 214 g/mol. The van der Waals surface area contributed by atoms with Gasteiger partial charge in [-0.3, -0.25) is 0 Å². The molecule has 0 spiro atoms. The quantitative estimate of drug-likeness (QED) is 0.784. The van der Waals surface area contributed by atoms with Crippen LogP contribution in [0.4, 0.5) is 4.39 Å². The Labute approximate surface area is 93.5 Å². The highest BCUT2D eigenvalue weighted by Gasteiger charge is 2.01. The highest BCUT2D eigenvalue weighted by molar-refractivity contribution is 5.53. The van der Waals surface area contributed by atoms with Crippen LogP contribution in [0.25, 0.3) is 11.4 Å². The zero-order valence-corrected chi connectivity index (χ0v) is 8.73. The molecule has 0 saturated heterocycles. The van der Waals surface area contributed by atoms with Crippen LogP contribution in [-0.4, -0.2) is 9.97 Å². The second-order valence-corrected chi connectivity index (χ2v) is 3.47. The summed E-state index contributed by atoms with van der Waals surface area (Å²) in [6, 6.07) is 9.66. The highest BCUT2D eigenvalue weighted by Crippen LogP contribution is 2.14. The molecular weight excluding hydrogens is 203 g/mol. The van der Waals surface area contributed by atoms with Gasteiger partial charge in [0.25, 0.3) is 0 Å². The molecule has 2 rings (SSSR count). The van der Waals surface area contributed by atoms with E-state index >= 15 is 0 Å². The zero-order valence-electron chi connectivity index (χ0n) is 8.73. The van der Waals surface area contributed by atoms with Crippen molar-refractivity contribution >= 4 is 0 Å². The van der Waals surface area contributed by atoms with Crippen LogP contribution < -0.4 is 0 Å². The zero-order chi connectivity index (χ0) is 11.4. The Morgan fingerprint density at radius 3 is 2.31 bits per heavy atom. The lowest BCUT2D eigenvalue weighted by Gasteiger charge is -2.01. The molecule has 1 aromatic heterocycles.